The summed E-state index contributed by atoms with van der Waals surface area (Å²) in [6, 6.07) is 9.72. The van der Waals surface area contributed by atoms with Crippen LogP contribution in [0.1, 0.15) is 27.6 Å². The second kappa shape index (κ2) is 7.12. The molecule has 0 bridgehead atoms. The molecule has 2 heterocycles. The summed E-state index contributed by atoms with van der Waals surface area (Å²) in [5.74, 6) is -0.0854. The Hall–Kier alpha value is -2.95. The summed E-state index contributed by atoms with van der Waals surface area (Å²) >= 11 is 11.5. The predicted octanol–water partition coefficient (Wildman–Crippen LogP) is 3.61. The molecule has 9 heteroatoms. The minimum atomic E-state index is -0.540. The number of nitriles is 1. The Morgan fingerprint density at radius 3 is 2.85 bits per heavy atom. The van der Waals surface area contributed by atoms with E-state index >= 15 is 0 Å². The van der Waals surface area contributed by atoms with Crippen LogP contribution in [-0.2, 0) is 6.54 Å². The maximum Gasteiger partial charge on any atom is 0.301 e. The number of phenolic OH excluding ortho intramolecular Hbond substituents is 1. The molecule has 7 nitrogen and oxygen atoms in total. The molecule has 0 saturated heterocycles. The van der Waals surface area contributed by atoms with Crippen molar-refractivity contribution in [1.29, 1.82) is 5.26 Å². The van der Waals surface area contributed by atoms with Crippen LogP contribution in [0.3, 0.4) is 0 Å². The zero-order valence-corrected chi connectivity index (χ0v) is 15.0. The average molecular weight is 391 g/mol. The molecule has 0 atom stereocenters. The maximum absolute atomic E-state index is 11.4. The summed E-state index contributed by atoms with van der Waals surface area (Å²) in [6.07, 6.45) is 0. The summed E-state index contributed by atoms with van der Waals surface area (Å²) < 4.78 is 7.04. The Morgan fingerprint density at radius 1 is 1.42 bits per heavy atom. The molecule has 0 spiro atoms. The zero-order chi connectivity index (χ0) is 18.8. The molecule has 1 amide bonds. The summed E-state index contributed by atoms with van der Waals surface area (Å²) in [5, 5.41) is 23.3. The van der Waals surface area contributed by atoms with Crippen LogP contribution in [0.4, 0.5) is 0 Å². The largest absolute Gasteiger partial charge is 0.507 e. The van der Waals surface area contributed by atoms with Crippen molar-refractivity contribution in [2.75, 3.05) is 0 Å². The van der Waals surface area contributed by atoms with Gasteiger partial charge in [0.1, 0.15) is 17.6 Å². The number of aromatic nitrogens is 2. The second-order valence-electron chi connectivity index (χ2n) is 5.44. The van der Waals surface area contributed by atoms with Crippen LogP contribution in [0, 0.1) is 18.3 Å². The Labute approximate surface area is 158 Å². The van der Waals surface area contributed by atoms with Gasteiger partial charge in [-0.25, -0.2) is 0 Å². The molecule has 0 fully saturated rings. The van der Waals surface area contributed by atoms with Crippen molar-refractivity contribution < 1.29 is 14.3 Å². The highest BCUT2D eigenvalue weighted by Gasteiger charge is 2.18. The van der Waals surface area contributed by atoms with Crippen molar-refractivity contribution in [2.45, 2.75) is 13.5 Å². The van der Waals surface area contributed by atoms with Gasteiger partial charge in [0.05, 0.1) is 12.1 Å². The molecule has 0 aliphatic rings. The third-order valence-corrected chi connectivity index (χ3v) is 4.28. The number of nitrogens with one attached hydrogen (secondary N) is 1. The molecule has 2 aromatic heterocycles. The number of carbonyl (C=O) groups is 1. The Kier molecular flexibility index (Phi) is 4.89. The monoisotopic (exact) mass is 390 g/mol. The van der Waals surface area contributed by atoms with E-state index < -0.39 is 5.91 Å². The first-order valence-corrected chi connectivity index (χ1v) is 8.16. The first-order chi connectivity index (χ1) is 12.4. The van der Waals surface area contributed by atoms with Gasteiger partial charge in [0.15, 0.2) is 10.9 Å². The van der Waals surface area contributed by atoms with Crippen molar-refractivity contribution >= 4 is 29.3 Å². The van der Waals surface area contributed by atoms with Gasteiger partial charge in [-0.3, -0.25) is 14.3 Å². The normalized spacial score (nSPS) is 10.5. The quantitative estimate of drug-likeness (QED) is 0.662. The molecule has 0 aliphatic heterocycles. The van der Waals surface area contributed by atoms with Crippen LogP contribution >= 0.6 is 23.4 Å². The van der Waals surface area contributed by atoms with Crippen molar-refractivity contribution in [1.82, 2.24) is 14.6 Å². The minimum Gasteiger partial charge on any atom is -0.507 e. The van der Waals surface area contributed by atoms with E-state index in [4.69, 9.17) is 33.1 Å². The van der Waals surface area contributed by atoms with Crippen LogP contribution in [-0.4, -0.2) is 20.8 Å². The van der Waals surface area contributed by atoms with E-state index in [0.29, 0.717) is 16.9 Å². The van der Waals surface area contributed by atoms with E-state index in [1.54, 1.807) is 16.8 Å². The van der Waals surface area contributed by atoms with Crippen molar-refractivity contribution in [2.24, 2.45) is 0 Å². The SMILES string of the molecule is Cc1c(-c2ccc(C#N)c(O)c2)c(Cl)nn1Cc1ccc(C(=O)NCl)o1. The summed E-state index contributed by atoms with van der Waals surface area (Å²) in [4.78, 5) is 13.4. The van der Waals surface area contributed by atoms with Gasteiger partial charge in [-0.2, -0.15) is 10.4 Å². The van der Waals surface area contributed by atoms with Crippen LogP contribution in [0.15, 0.2) is 34.7 Å². The zero-order valence-electron chi connectivity index (χ0n) is 13.5. The number of nitrogens with zero attached hydrogens (tertiary/aromatic N) is 3. The van der Waals surface area contributed by atoms with Crippen LogP contribution in [0.5, 0.6) is 5.75 Å². The van der Waals surface area contributed by atoms with Gasteiger partial charge in [0.2, 0.25) is 0 Å². The summed E-state index contributed by atoms with van der Waals surface area (Å²) in [7, 11) is 0. The average Bonchev–Trinajstić information content (AvgIpc) is 3.19. The van der Waals surface area contributed by atoms with Gasteiger partial charge >= 0.3 is 5.91 Å². The number of furan rings is 1. The maximum atomic E-state index is 11.4. The number of phenols is 1. The van der Waals surface area contributed by atoms with E-state index in [9.17, 15) is 9.90 Å². The third kappa shape index (κ3) is 3.25. The Bertz CT molecular complexity index is 1030. The standard InChI is InChI=1S/C17H12Cl2N4O3/c1-9-15(10-2-3-11(7-20)13(24)6-10)16(18)22-23(9)8-12-4-5-14(26-12)17(25)21-19/h2-6,24H,8H2,1H3,(H,21,25). The number of halogens is 2. The highest BCUT2D eigenvalue weighted by Crippen LogP contribution is 2.34. The molecule has 26 heavy (non-hydrogen) atoms. The molecular weight excluding hydrogens is 379 g/mol. The molecule has 0 radical (unpaired) electrons. The lowest BCUT2D eigenvalue weighted by Crippen LogP contribution is -2.11. The lowest BCUT2D eigenvalue weighted by atomic mass is 10.0. The van der Waals surface area contributed by atoms with Gasteiger partial charge in [-0.15, -0.1) is 0 Å². The number of rotatable bonds is 4. The van der Waals surface area contributed by atoms with Gasteiger partial charge in [-0.1, -0.05) is 17.7 Å². The fourth-order valence-corrected chi connectivity index (χ4v) is 2.98. The van der Waals surface area contributed by atoms with E-state index in [1.165, 1.54) is 18.2 Å². The minimum absolute atomic E-state index is 0.0862. The topological polar surface area (TPSA) is 104 Å². The number of carbonyl (C=O) groups excluding carboxylic acids is 1. The molecule has 3 rings (SSSR count). The lowest BCUT2D eigenvalue weighted by Gasteiger charge is -2.05. The Morgan fingerprint density at radius 2 is 2.19 bits per heavy atom. The number of aromatic hydroxyl groups is 1. The smallest absolute Gasteiger partial charge is 0.301 e. The van der Waals surface area contributed by atoms with Crippen LogP contribution < -0.4 is 4.84 Å². The third-order valence-electron chi connectivity index (χ3n) is 3.85. The fraction of sp³-hybridized carbons (Fsp3) is 0.118. The Balaban J connectivity index is 1.93. The van der Waals surface area contributed by atoms with Crippen molar-refractivity contribution in [3.05, 3.63) is 58.3 Å². The van der Waals surface area contributed by atoms with Gasteiger partial charge < -0.3 is 9.52 Å². The second-order valence-corrected chi connectivity index (χ2v) is 5.99. The molecule has 2 N–H and O–H groups in total. The van der Waals surface area contributed by atoms with E-state index in [-0.39, 0.29) is 28.8 Å². The highest BCUT2D eigenvalue weighted by atomic mass is 35.5. The van der Waals surface area contributed by atoms with Crippen LogP contribution in [0.25, 0.3) is 11.1 Å². The highest BCUT2D eigenvalue weighted by molar-refractivity contribution is 6.32. The van der Waals surface area contributed by atoms with E-state index in [0.717, 1.165) is 5.69 Å². The molecule has 0 saturated carbocycles. The van der Waals surface area contributed by atoms with Gasteiger partial charge in [0, 0.05) is 23.0 Å². The number of hydrogen-bond acceptors (Lipinski definition) is 5. The molecular formula is C17H12Cl2N4O3. The first-order valence-electron chi connectivity index (χ1n) is 7.40. The molecule has 132 valence electrons. The van der Waals surface area contributed by atoms with E-state index in [1.807, 2.05) is 17.8 Å². The van der Waals surface area contributed by atoms with Crippen LogP contribution in [0.2, 0.25) is 5.15 Å². The molecule has 1 aromatic carbocycles. The lowest BCUT2D eigenvalue weighted by molar-refractivity contribution is 0.0953. The predicted molar refractivity (Wildman–Crippen MR) is 94.9 cm³/mol. The van der Waals surface area contributed by atoms with E-state index in [2.05, 4.69) is 5.10 Å². The van der Waals surface area contributed by atoms with Gasteiger partial charge in [0.25, 0.3) is 0 Å². The first kappa shape index (κ1) is 17.9. The number of benzene rings is 1. The summed E-state index contributed by atoms with van der Waals surface area (Å²) in [6.45, 7) is 2.07. The summed E-state index contributed by atoms with van der Waals surface area (Å²) in [5.41, 5.74) is 2.18. The van der Waals surface area contributed by atoms with Crippen molar-refractivity contribution in [3.63, 3.8) is 0 Å². The molecule has 0 aliphatic carbocycles. The number of amides is 1. The number of hydrogen-bond donors (Lipinski definition) is 2. The fourth-order valence-electron chi connectivity index (χ4n) is 2.55. The van der Waals surface area contributed by atoms with Crippen molar-refractivity contribution in [3.8, 4) is 22.9 Å². The van der Waals surface area contributed by atoms with Gasteiger partial charge in [-0.05, 0) is 36.8 Å². The molecule has 0 unspecified atom stereocenters. The molecule has 3 aromatic rings.